The fourth-order valence-corrected chi connectivity index (χ4v) is 1.37. The zero-order valence-corrected chi connectivity index (χ0v) is 11.2. The summed E-state index contributed by atoms with van der Waals surface area (Å²) in [6.45, 7) is 6.74. The molecule has 6 heteroatoms. The average Bonchev–Trinajstić information content (AvgIpc) is 2.22. The van der Waals surface area contributed by atoms with Crippen LogP contribution in [0.5, 0.6) is 0 Å². The van der Waals surface area contributed by atoms with Gasteiger partial charge in [-0.2, -0.15) is 0 Å². The van der Waals surface area contributed by atoms with Gasteiger partial charge < -0.3 is 16.2 Å². The van der Waals surface area contributed by atoms with E-state index >= 15 is 0 Å². The van der Waals surface area contributed by atoms with Crippen molar-refractivity contribution in [1.82, 2.24) is 9.97 Å². The molecular weight excluding hydrogens is 240 g/mol. The molecule has 0 radical (unpaired) electrons. The molecule has 0 atom stereocenters. The van der Waals surface area contributed by atoms with Crippen molar-refractivity contribution in [1.29, 1.82) is 0 Å². The van der Waals surface area contributed by atoms with Crippen LogP contribution in [-0.4, -0.2) is 28.2 Å². The first-order valence-corrected chi connectivity index (χ1v) is 5.92. The van der Waals surface area contributed by atoms with Gasteiger partial charge >= 0.3 is 0 Å². The number of nitrogens with two attached hydrogens (primary N) is 1. The maximum atomic E-state index is 8.72. The lowest BCUT2D eigenvalue weighted by molar-refractivity contribution is 0.292. The molecule has 0 spiro atoms. The Kier molecular flexibility index (Phi) is 4.54. The van der Waals surface area contributed by atoms with Crippen molar-refractivity contribution in [3.05, 3.63) is 11.0 Å². The number of aromatic nitrogens is 2. The van der Waals surface area contributed by atoms with Gasteiger partial charge in [-0.3, -0.25) is 0 Å². The van der Waals surface area contributed by atoms with Crippen LogP contribution in [0.2, 0.25) is 5.15 Å². The van der Waals surface area contributed by atoms with E-state index in [1.807, 2.05) is 20.8 Å². The summed E-state index contributed by atoms with van der Waals surface area (Å²) in [6.07, 6.45) is 0.631. The summed E-state index contributed by atoms with van der Waals surface area (Å²) in [5, 5.41) is 12.0. The quantitative estimate of drug-likeness (QED) is 0.567. The highest BCUT2D eigenvalue weighted by atomic mass is 35.5. The van der Waals surface area contributed by atoms with Crippen molar-refractivity contribution in [3.63, 3.8) is 0 Å². The van der Waals surface area contributed by atoms with E-state index in [-0.39, 0.29) is 17.2 Å². The third-order valence-electron chi connectivity index (χ3n) is 2.20. The van der Waals surface area contributed by atoms with Gasteiger partial charge in [0.25, 0.3) is 0 Å². The predicted molar refractivity (Wildman–Crippen MR) is 70.3 cm³/mol. The Morgan fingerprint density at radius 1 is 1.35 bits per heavy atom. The van der Waals surface area contributed by atoms with E-state index in [1.54, 1.807) is 0 Å². The van der Waals surface area contributed by atoms with Gasteiger partial charge in [0.05, 0.1) is 0 Å². The van der Waals surface area contributed by atoms with Gasteiger partial charge in [-0.25, -0.2) is 9.97 Å². The summed E-state index contributed by atoms with van der Waals surface area (Å²) >= 11 is 5.97. The molecule has 0 saturated carbocycles. The van der Waals surface area contributed by atoms with Crippen LogP contribution in [-0.2, 0) is 5.41 Å². The van der Waals surface area contributed by atoms with Gasteiger partial charge in [0.1, 0.15) is 11.5 Å². The van der Waals surface area contributed by atoms with Gasteiger partial charge in [-0.1, -0.05) is 32.4 Å². The third-order valence-corrected chi connectivity index (χ3v) is 2.49. The molecule has 0 aliphatic heterocycles. The van der Waals surface area contributed by atoms with Crippen molar-refractivity contribution >= 4 is 23.1 Å². The molecule has 0 unspecified atom stereocenters. The van der Waals surface area contributed by atoms with Crippen LogP contribution in [0.15, 0.2) is 0 Å². The van der Waals surface area contributed by atoms with Gasteiger partial charge in [0.2, 0.25) is 0 Å². The number of hydrogen-bond donors (Lipinski definition) is 3. The van der Waals surface area contributed by atoms with Crippen LogP contribution in [0.3, 0.4) is 0 Å². The van der Waals surface area contributed by atoms with Crippen LogP contribution < -0.4 is 11.1 Å². The number of aliphatic hydroxyl groups excluding tert-OH is 1. The molecule has 17 heavy (non-hydrogen) atoms. The minimum absolute atomic E-state index is 0.123. The Morgan fingerprint density at radius 3 is 2.53 bits per heavy atom. The molecule has 0 fully saturated rings. The lowest BCUT2D eigenvalue weighted by Gasteiger charge is -2.19. The van der Waals surface area contributed by atoms with Gasteiger partial charge in [0, 0.05) is 18.6 Å². The lowest BCUT2D eigenvalue weighted by Crippen LogP contribution is -2.19. The summed E-state index contributed by atoms with van der Waals surface area (Å²) in [7, 11) is 0. The second-order valence-electron chi connectivity index (χ2n) is 4.85. The number of nitrogens with one attached hydrogen (secondary N) is 1. The zero-order chi connectivity index (χ0) is 13.1. The molecule has 0 saturated heterocycles. The van der Waals surface area contributed by atoms with Crippen LogP contribution in [0.1, 0.15) is 33.0 Å². The number of hydrogen-bond acceptors (Lipinski definition) is 5. The number of nitrogens with zero attached hydrogens (tertiary/aromatic N) is 2. The van der Waals surface area contributed by atoms with Crippen LogP contribution >= 0.6 is 11.6 Å². The smallest absolute Gasteiger partial charge is 0.157 e. The first-order chi connectivity index (χ1) is 7.86. The maximum absolute atomic E-state index is 8.72. The second-order valence-corrected chi connectivity index (χ2v) is 5.21. The molecule has 5 nitrogen and oxygen atoms in total. The number of halogens is 1. The molecule has 0 amide bonds. The van der Waals surface area contributed by atoms with Crippen LogP contribution in [0, 0.1) is 0 Å². The molecule has 96 valence electrons. The highest BCUT2D eigenvalue weighted by molar-refractivity contribution is 6.32. The monoisotopic (exact) mass is 258 g/mol. The van der Waals surface area contributed by atoms with Crippen LogP contribution in [0.25, 0.3) is 0 Å². The molecule has 1 rings (SSSR count). The molecule has 4 N–H and O–H groups in total. The number of aliphatic hydroxyl groups is 1. The predicted octanol–water partition coefficient (Wildman–Crippen LogP) is 1.80. The van der Waals surface area contributed by atoms with Crippen molar-refractivity contribution in [3.8, 4) is 0 Å². The highest BCUT2D eigenvalue weighted by Gasteiger charge is 2.20. The Balaban J connectivity index is 2.99. The molecule has 0 bridgehead atoms. The van der Waals surface area contributed by atoms with E-state index in [9.17, 15) is 0 Å². The summed E-state index contributed by atoms with van der Waals surface area (Å²) < 4.78 is 0. The first-order valence-electron chi connectivity index (χ1n) is 5.54. The van der Waals surface area contributed by atoms with E-state index in [2.05, 4.69) is 15.3 Å². The van der Waals surface area contributed by atoms with Crippen molar-refractivity contribution in [2.75, 3.05) is 24.2 Å². The van der Waals surface area contributed by atoms with Gasteiger partial charge in [0.15, 0.2) is 11.0 Å². The van der Waals surface area contributed by atoms with Gasteiger partial charge in [-0.05, 0) is 6.42 Å². The minimum atomic E-state index is -0.190. The zero-order valence-electron chi connectivity index (χ0n) is 10.4. The second kappa shape index (κ2) is 5.51. The highest BCUT2D eigenvalue weighted by Crippen LogP contribution is 2.28. The molecular formula is C11H19ClN4O. The van der Waals surface area contributed by atoms with E-state index in [1.165, 1.54) is 0 Å². The summed E-state index contributed by atoms with van der Waals surface area (Å²) in [5.74, 6) is 1.17. The number of rotatable bonds is 4. The largest absolute Gasteiger partial charge is 0.396 e. The van der Waals surface area contributed by atoms with E-state index in [0.29, 0.717) is 30.3 Å². The molecule has 0 aliphatic carbocycles. The van der Waals surface area contributed by atoms with Crippen molar-refractivity contribution < 1.29 is 5.11 Å². The number of nitrogen functional groups attached to an aromatic ring is 1. The average molecular weight is 259 g/mol. The third kappa shape index (κ3) is 3.71. The SMILES string of the molecule is CC(C)(C)c1nc(Cl)c(N)c(NCCCO)n1. The summed E-state index contributed by atoms with van der Waals surface area (Å²) in [5.41, 5.74) is 5.95. The number of anilines is 2. The topological polar surface area (TPSA) is 84.1 Å². The molecule has 1 aromatic heterocycles. The van der Waals surface area contributed by atoms with Crippen molar-refractivity contribution in [2.45, 2.75) is 32.6 Å². The Labute approximate surface area is 106 Å². The normalized spacial score (nSPS) is 11.6. The first kappa shape index (κ1) is 14.0. The standard InChI is InChI=1S/C11H19ClN4O/c1-11(2,3)10-15-8(12)7(13)9(16-10)14-5-4-6-17/h17H,4-6,13H2,1-3H3,(H,14,15,16). The Bertz CT molecular complexity index is 390. The molecule has 0 aliphatic rings. The fourth-order valence-electron chi connectivity index (χ4n) is 1.20. The van der Waals surface area contributed by atoms with E-state index < -0.39 is 0 Å². The summed E-state index contributed by atoms with van der Waals surface area (Å²) in [4.78, 5) is 8.54. The van der Waals surface area contributed by atoms with Crippen LogP contribution in [0.4, 0.5) is 11.5 Å². The Hall–Kier alpha value is -1.07. The van der Waals surface area contributed by atoms with Crippen molar-refractivity contribution in [2.24, 2.45) is 0 Å². The van der Waals surface area contributed by atoms with E-state index in [0.717, 1.165) is 0 Å². The van der Waals surface area contributed by atoms with Gasteiger partial charge in [-0.15, -0.1) is 0 Å². The summed E-state index contributed by atoms with van der Waals surface area (Å²) in [6, 6.07) is 0. The molecule has 1 heterocycles. The minimum Gasteiger partial charge on any atom is -0.396 e. The molecule has 1 aromatic rings. The molecule has 0 aromatic carbocycles. The van der Waals surface area contributed by atoms with E-state index in [4.69, 9.17) is 22.4 Å². The Morgan fingerprint density at radius 2 is 2.00 bits per heavy atom. The maximum Gasteiger partial charge on any atom is 0.157 e. The fraction of sp³-hybridized carbons (Fsp3) is 0.636. The lowest BCUT2D eigenvalue weighted by atomic mass is 9.96.